The largest absolute Gasteiger partial charge is 0.478 e. The third-order valence-corrected chi connectivity index (χ3v) is 0.639. The first-order valence-corrected chi connectivity index (χ1v) is 2.81. The van der Waals surface area contributed by atoms with Crippen molar-refractivity contribution >= 4 is 23.3 Å². The van der Waals surface area contributed by atoms with Gasteiger partial charge in [-0.15, -0.1) is 0 Å². The van der Waals surface area contributed by atoms with Crippen molar-refractivity contribution in [3.05, 3.63) is 12.2 Å². The number of carboxylic acids is 1. The molecule has 0 rings (SSSR count). The van der Waals surface area contributed by atoms with Crippen LogP contribution in [0.4, 0.5) is 0 Å². The van der Waals surface area contributed by atoms with Crippen LogP contribution >= 0.6 is 12.2 Å². The van der Waals surface area contributed by atoms with Gasteiger partial charge in [0.2, 0.25) is 0 Å². The molecular weight excluding hydrogens is 150 g/mol. The summed E-state index contributed by atoms with van der Waals surface area (Å²) in [4.78, 5) is 12.9. The van der Waals surface area contributed by atoms with Crippen LogP contribution in [0.15, 0.2) is 17.1 Å². The molecular formula is C6H9NO2S. The lowest BCUT2D eigenvalue weighted by molar-refractivity contribution is -0.132. The second-order valence-electron chi connectivity index (χ2n) is 1.40. The molecule has 0 aliphatic rings. The van der Waals surface area contributed by atoms with Crippen molar-refractivity contribution in [1.82, 2.24) is 0 Å². The van der Waals surface area contributed by atoms with Crippen LogP contribution in [0, 0.1) is 0 Å². The average molecular weight is 159 g/mol. The molecule has 0 aromatic carbocycles. The molecule has 0 aromatic heterocycles. The molecule has 10 heavy (non-hydrogen) atoms. The van der Waals surface area contributed by atoms with Crippen molar-refractivity contribution in [3.63, 3.8) is 0 Å². The van der Waals surface area contributed by atoms with Gasteiger partial charge in [-0.25, -0.2) is 9.79 Å². The number of aliphatic carboxylic acids is 1. The van der Waals surface area contributed by atoms with Gasteiger partial charge in [-0.1, -0.05) is 6.58 Å². The van der Waals surface area contributed by atoms with Gasteiger partial charge in [0.1, 0.15) is 0 Å². The van der Waals surface area contributed by atoms with E-state index in [1.54, 1.807) is 7.05 Å². The number of hydrogen-bond donors (Lipinski definition) is 1. The molecule has 56 valence electrons. The summed E-state index contributed by atoms with van der Waals surface area (Å²) < 4.78 is 0. The maximum atomic E-state index is 9.60. The Morgan fingerprint density at radius 1 is 1.80 bits per heavy atom. The summed E-state index contributed by atoms with van der Waals surface area (Å²) in [6.45, 7) is 4.60. The SMILES string of the molecule is C=C(C)C(=O)O.CN=C=S. The fourth-order valence-corrected chi connectivity index (χ4v) is 0. The number of hydrogen-bond acceptors (Lipinski definition) is 3. The van der Waals surface area contributed by atoms with E-state index >= 15 is 0 Å². The van der Waals surface area contributed by atoms with E-state index < -0.39 is 5.97 Å². The molecule has 4 heteroatoms. The van der Waals surface area contributed by atoms with E-state index in [0.717, 1.165) is 0 Å². The number of thiocarbonyl (C=S) groups is 1. The lowest BCUT2D eigenvalue weighted by atomic mass is 10.4. The zero-order valence-corrected chi connectivity index (χ0v) is 6.73. The minimum atomic E-state index is -0.935. The Labute approximate surface area is 65.1 Å². The standard InChI is InChI=1S/C4H6O2.C2H3NS/c1-3(2)4(5)6;1-3-2-4/h1H2,2H3,(H,5,6);1H3. The molecule has 0 spiro atoms. The number of rotatable bonds is 1. The Morgan fingerprint density at radius 3 is 2.00 bits per heavy atom. The van der Waals surface area contributed by atoms with Crippen LogP contribution in [-0.4, -0.2) is 23.3 Å². The van der Waals surface area contributed by atoms with E-state index in [9.17, 15) is 4.79 Å². The molecule has 1 N–H and O–H groups in total. The van der Waals surface area contributed by atoms with Crippen LogP contribution in [0.5, 0.6) is 0 Å². The topological polar surface area (TPSA) is 49.7 Å². The van der Waals surface area contributed by atoms with E-state index in [0.29, 0.717) is 0 Å². The number of carbonyl (C=O) groups is 1. The Balaban J connectivity index is 0. The first-order chi connectivity index (χ1) is 4.56. The zero-order chi connectivity index (χ0) is 8.57. The summed E-state index contributed by atoms with van der Waals surface area (Å²) in [6.07, 6.45) is 0. The molecule has 0 aromatic rings. The molecule has 0 amide bonds. The third kappa shape index (κ3) is 15.7. The molecule has 0 fully saturated rings. The van der Waals surface area contributed by atoms with Gasteiger partial charge in [0, 0.05) is 12.6 Å². The normalized spacial score (nSPS) is 6.20. The predicted molar refractivity (Wildman–Crippen MR) is 43.4 cm³/mol. The average Bonchev–Trinajstić information content (AvgIpc) is 1.89. The van der Waals surface area contributed by atoms with Gasteiger partial charge < -0.3 is 5.11 Å². The van der Waals surface area contributed by atoms with Gasteiger partial charge in [-0.05, 0) is 19.1 Å². The summed E-state index contributed by atoms with van der Waals surface area (Å²) in [5.74, 6) is -0.935. The van der Waals surface area contributed by atoms with E-state index in [1.807, 2.05) is 0 Å². The summed E-state index contributed by atoms with van der Waals surface area (Å²) in [5, 5.41) is 10.0. The van der Waals surface area contributed by atoms with Crippen molar-refractivity contribution in [2.45, 2.75) is 6.92 Å². The number of carboxylic acid groups (broad SMARTS) is 1. The van der Waals surface area contributed by atoms with Crippen molar-refractivity contribution in [3.8, 4) is 0 Å². The van der Waals surface area contributed by atoms with Gasteiger partial charge >= 0.3 is 5.97 Å². The maximum absolute atomic E-state index is 9.60. The molecule has 0 atom stereocenters. The zero-order valence-electron chi connectivity index (χ0n) is 5.92. The first-order valence-electron chi connectivity index (χ1n) is 2.41. The second-order valence-corrected chi connectivity index (χ2v) is 1.58. The van der Waals surface area contributed by atoms with Crippen LogP contribution in [0.2, 0.25) is 0 Å². The van der Waals surface area contributed by atoms with E-state index in [-0.39, 0.29) is 5.57 Å². The minimum Gasteiger partial charge on any atom is -0.478 e. The fourth-order valence-electron chi connectivity index (χ4n) is 0. The van der Waals surface area contributed by atoms with Gasteiger partial charge in [0.25, 0.3) is 0 Å². The van der Waals surface area contributed by atoms with Crippen LogP contribution < -0.4 is 0 Å². The second kappa shape index (κ2) is 8.01. The number of isothiocyanates is 1. The quantitative estimate of drug-likeness (QED) is 0.357. The molecule has 0 bridgehead atoms. The molecule has 0 aliphatic carbocycles. The van der Waals surface area contributed by atoms with Crippen molar-refractivity contribution in [1.29, 1.82) is 0 Å². The monoisotopic (exact) mass is 159 g/mol. The Bertz CT molecular complexity index is 159. The van der Waals surface area contributed by atoms with Gasteiger partial charge in [-0.3, -0.25) is 0 Å². The smallest absolute Gasteiger partial charge is 0.330 e. The lowest BCUT2D eigenvalue weighted by Crippen LogP contribution is -1.92. The molecule has 0 saturated carbocycles. The molecule has 0 radical (unpaired) electrons. The van der Waals surface area contributed by atoms with Crippen molar-refractivity contribution < 1.29 is 9.90 Å². The lowest BCUT2D eigenvalue weighted by Gasteiger charge is -1.79. The fraction of sp³-hybridized carbons (Fsp3) is 0.333. The highest BCUT2D eigenvalue weighted by Crippen LogP contribution is 1.81. The van der Waals surface area contributed by atoms with Crippen LogP contribution in [0.25, 0.3) is 0 Å². The Morgan fingerprint density at radius 2 is 2.00 bits per heavy atom. The highest BCUT2D eigenvalue weighted by molar-refractivity contribution is 7.78. The Kier molecular flexibility index (Phi) is 9.42. The van der Waals surface area contributed by atoms with Crippen LogP contribution in [-0.2, 0) is 4.79 Å². The molecule has 0 saturated heterocycles. The number of aliphatic imine (C=N–C) groups is 1. The van der Waals surface area contributed by atoms with Crippen molar-refractivity contribution in [2.24, 2.45) is 4.99 Å². The molecule has 0 aliphatic heterocycles. The maximum Gasteiger partial charge on any atom is 0.330 e. The summed E-state index contributed by atoms with van der Waals surface area (Å²) in [6, 6.07) is 0. The van der Waals surface area contributed by atoms with Gasteiger partial charge in [0.15, 0.2) is 0 Å². The van der Waals surface area contributed by atoms with E-state index in [1.165, 1.54) is 6.92 Å². The van der Waals surface area contributed by atoms with Gasteiger partial charge in [-0.2, -0.15) is 0 Å². The van der Waals surface area contributed by atoms with E-state index in [2.05, 4.69) is 29.0 Å². The van der Waals surface area contributed by atoms with E-state index in [4.69, 9.17) is 5.11 Å². The predicted octanol–water partition coefficient (Wildman–Crippen LogP) is 1.37. The molecule has 0 unspecified atom stereocenters. The molecule has 3 nitrogen and oxygen atoms in total. The minimum absolute atomic E-state index is 0.176. The van der Waals surface area contributed by atoms with Gasteiger partial charge in [0.05, 0.1) is 5.16 Å². The van der Waals surface area contributed by atoms with Crippen LogP contribution in [0.3, 0.4) is 0 Å². The first kappa shape index (κ1) is 11.8. The Hall–Kier alpha value is -0.990. The highest BCUT2D eigenvalue weighted by Gasteiger charge is 1.90. The summed E-state index contributed by atoms with van der Waals surface area (Å²) in [5.41, 5.74) is 0.176. The highest BCUT2D eigenvalue weighted by atomic mass is 32.1. The third-order valence-electron chi connectivity index (χ3n) is 0.456. The molecule has 0 heterocycles. The van der Waals surface area contributed by atoms with Crippen molar-refractivity contribution in [2.75, 3.05) is 7.05 Å². The summed E-state index contributed by atoms with van der Waals surface area (Å²) in [7, 11) is 1.59. The number of nitrogens with zero attached hydrogens (tertiary/aromatic N) is 1. The van der Waals surface area contributed by atoms with Crippen LogP contribution in [0.1, 0.15) is 6.92 Å². The summed E-state index contributed by atoms with van der Waals surface area (Å²) >= 11 is 4.14.